The van der Waals surface area contributed by atoms with E-state index >= 15 is 0 Å². The lowest BCUT2D eigenvalue weighted by Crippen LogP contribution is -2.25. The van der Waals surface area contributed by atoms with Crippen LogP contribution in [0.1, 0.15) is 33.6 Å². The molecular formula is C10H19N5. The fourth-order valence-corrected chi connectivity index (χ4v) is 1.86. The van der Waals surface area contributed by atoms with Crippen LogP contribution >= 0.6 is 0 Å². The molecule has 0 bridgehead atoms. The lowest BCUT2D eigenvalue weighted by Gasteiger charge is -2.19. The minimum atomic E-state index is -0.102. The molecule has 0 amide bonds. The molecule has 84 valence electrons. The third kappa shape index (κ3) is 1.91. The molecule has 2 heterocycles. The molecule has 0 atom stereocenters. The second-order valence-electron chi connectivity index (χ2n) is 5.05. The van der Waals surface area contributed by atoms with E-state index in [9.17, 15) is 0 Å². The Labute approximate surface area is 90.3 Å². The molecule has 15 heavy (non-hydrogen) atoms. The predicted octanol–water partition coefficient (Wildman–Crippen LogP) is 1.22. The zero-order valence-electron chi connectivity index (χ0n) is 9.69. The summed E-state index contributed by atoms with van der Waals surface area (Å²) in [6, 6.07) is 0. The van der Waals surface area contributed by atoms with Crippen molar-refractivity contribution >= 4 is 11.9 Å². The van der Waals surface area contributed by atoms with Gasteiger partial charge in [0.1, 0.15) is 0 Å². The Hall–Kier alpha value is -1.26. The third-order valence-electron chi connectivity index (χ3n) is 2.65. The van der Waals surface area contributed by atoms with E-state index in [1.54, 1.807) is 4.68 Å². The summed E-state index contributed by atoms with van der Waals surface area (Å²) in [5, 5.41) is 4.47. The molecule has 5 nitrogen and oxygen atoms in total. The fourth-order valence-electron chi connectivity index (χ4n) is 1.86. The summed E-state index contributed by atoms with van der Waals surface area (Å²) in [6.45, 7) is 8.32. The van der Waals surface area contributed by atoms with Gasteiger partial charge in [-0.2, -0.15) is 4.98 Å². The van der Waals surface area contributed by atoms with Crippen LogP contribution in [0.3, 0.4) is 0 Å². The van der Waals surface area contributed by atoms with Crippen molar-refractivity contribution in [2.45, 2.75) is 39.2 Å². The van der Waals surface area contributed by atoms with Crippen LogP contribution in [-0.4, -0.2) is 27.9 Å². The van der Waals surface area contributed by atoms with Crippen molar-refractivity contribution < 1.29 is 0 Å². The van der Waals surface area contributed by atoms with Gasteiger partial charge in [0, 0.05) is 13.1 Å². The number of anilines is 2. The summed E-state index contributed by atoms with van der Waals surface area (Å²) in [7, 11) is 0. The first kappa shape index (κ1) is 10.3. The third-order valence-corrected chi connectivity index (χ3v) is 2.65. The maximum absolute atomic E-state index is 5.86. The number of rotatable bonds is 1. The number of nitrogens with zero attached hydrogens (tertiary/aromatic N) is 4. The maximum atomic E-state index is 5.86. The molecule has 5 heteroatoms. The van der Waals surface area contributed by atoms with Gasteiger partial charge in [-0.1, -0.05) is 0 Å². The van der Waals surface area contributed by atoms with Crippen LogP contribution in [0.5, 0.6) is 0 Å². The van der Waals surface area contributed by atoms with Gasteiger partial charge in [-0.15, -0.1) is 5.10 Å². The highest BCUT2D eigenvalue weighted by atomic mass is 15.5. The summed E-state index contributed by atoms with van der Waals surface area (Å²) < 4.78 is 1.79. The number of hydrogen-bond donors (Lipinski definition) is 1. The fraction of sp³-hybridized carbons (Fsp3) is 0.800. The van der Waals surface area contributed by atoms with Gasteiger partial charge in [0.25, 0.3) is 0 Å². The molecule has 1 fully saturated rings. The van der Waals surface area contributed by atoms with Gasteiger partial charge in [-0.25, -0.2) is 4.68 Å². The molecule has 1 saturated heterocycles. The molecule has 0 radical (unpaired) electrons. The van der Waals surface area contributed by atoms with E-state index in [0.29, 0.717) is 5.95 Å². The quantitative estimate of drug-likeness (QED) is 0.755. The van der Waals surface area contributed by atoms with Gasteiger partial charge in [0.05, 0.1) is 5.54 Å². The Morgan fingerprint density at radius 2 is 1.80 bits per heavy atom. The van der Waals surface area contributed by atoms with Crippen LogP contribution in [0.25, 0.3) is 0 Å². The number of aromatic nitrogens is 3. The zero-order valence-corrected chi connectivity index (χ0v) is 9.69. The predicted molar refractivity (Wildman–Crippen MR) is 60.9 cm³/mol. The second kappa shape index (κ2) is 3.40. The lowest BCUT2D eigenvalue weighted by atomic mass is 10.1. The molecule has 1 aromatic heterocycles. The molecule has 1 aliphatic heterocycles. The van der Waals surface area contributed by atoms with Crippen molar-refractivity contribution in [2.24, 2.45) is 0 Å². The van der Waals surface area contributed by atoms with Crippen LogP contribution in [0.2, 0.25) is 0 Å². The first-order valence-electron chi connectivity index (χ1n) is 5.46. The van der Waals surface area contributed by atoms with Crippen molar-refractivity contribution in [3.8, 4) is 0 Å². The van der Waals surface area contributed by atoms with Crippen molar-refractivity contribution in [2.75, 3.05) is 23.7 Å². The van der Waals surface area contributed by atoms with E-state index in [2.05, 4.69) is 35.8 Å². The van der Waals surface area contributed by atoms with Gasteiger partial charge in [0.2, 0.25) is 11.9 Å². The van der Waals surface area contributed by atoms with Crippen molar-refractivity contribution in [3.05, 3.63) is 0 Å². The minimum Gasteiger partial charge on any atom is -0.368 e. The van der Waals surface area contributed by atoms with E-state index in [1.165, 1.54) is 12.8 Å². The number of hydrogen-bond acceptors (Lipinski definition) is 4. The first-order chi connectivity index (χ1) is 6.98. The standard InChI is InChI=1S/C10H19N5/c1-10(2,3)15-8(11)12-9(13-15)14-6-4-5-7-14/h4-7H2,1-3H3,(H2,11,12,13). The van der Waals surface area contributed by atoms with Crippen LogP contribution in [0.4, 0.5) is 11.9 Å². The monoisotopic (exact) mass is 209 g/mol. The topological polar surface area (TPSA) is 60.0 Å². The first-order valence-corrected chi connectivity index (χ1v) is 5.46. The highest BCUT2D eigenvalue weighted by Gasteiger charge is 2.23. The second-order valence-corrected chi connectivity index (χ2v) is 5.05. The molecule has 0 unspecified atom stereocenters. The number of nitrogens with two attached hydrogens (primary N) is 1. The Bertz CT molecular complexity index is 343. The Balaban J connectivity index is 2.28. The van der Waals surface area contributed by atoms with E-state index in [0.717, 1.165) is 19.0 Å². The highest BCUT2D eigenvalue weighted by molar-refractivity contribution is 5.36. The van der Waals surface area contributed by atoms with Crippen molar-refractivity contribution in [3.63, 3.8) is 0 Å². The van der Waals surface area contributed by atoms with Crippen LogP contribution in [0, 0.1) is 0 Å². The van der Waals surface area contributed by atoms with Gasteiger partial charge >= 0.3 is 0 Å². The summed E-state index contributed by atoms with van der Waals surface area (Å²) in [6.07, 6.45) is 2.45. The van der Waals surface area contributed by atoms with Crippen LogP contribution in [-0.2, 0) is 5.54 Å². The van der Waals surface area contributed by atoms with Gasteiger partial charge in [0.15, 0.2) is 0 Å². The lowest BCUT2D eigenvalue weighted by molar-refractivity contribution is 0.361. The summed E-state index contributed by atoms with van der Waals surface area (Å²) in [4.78, 5) is 6.51. The van der Waals surface area contributed by atoms with E-state index < -0.39 is 0 Å². The average Bonchev–Trinajstić information content (AvgIpc) is 2.68. The molecule has 0 saturated carbocycles. The number of nitrogen functional groups attached to an aromatic ring is 1. The summed E-state index contributed by atoms with van der Waals surface area (Å²) >= 11 is 0. The van der Waals surface area contributed by atoms with Crippen LogP contribution < -0.4 is 10.6 Å². The summed E-state index contributed by atoms with van der Waals surface area (Å²) in [5.41, 5.74) is 5.76. The molecule has 0 spiro atoms. The SMILES string of the molecule is CC(C)(C)n1nc(N2CCCC2)nc1N. The van der Waals surface area contributed by atoms with E-state index in [4.69, 9.17) is 5.73 Å². The molecule has 1 aromatic rings. The van der Waals surface area contributed by atoms with Gasteiger partial charge in [-0.05, 0) is 33.6 Å². The smallest absolute Gasteiger partial charge is 0.246 e. The Morgan fingerprint density at radius 3 is 2.27 bits per heavy atom. The molecule has 2 N–H and O–H groups in total. The largest absolute Gasteiger partial charge is 0.368 e. The molecule has 0 aromatic carbocycles. The highest BCUT2D eigenvalue weighted by Crippen LogP contribution is 2.22. The molecule has 0 aliphatic carbocycles. The molecule has 2 rings (SSSR count). The van der Waals surface area contributed by atoms with E-state index in [1.807, 2.05) is 0 Å². The van der Waals surface area contributed by atoms with Gasteiger partial charge in [-0.3, -0.25) is 0 Å². The Kier molecular flexibility index (Phi) is 2.32. The maximum Gasteiger partial charge on any atom is 0.246 e. The summed E-state index contributed by atoms with van der Waals surface area (Å²) in [5.74, 6) is 1.28. The average molecular weight is 209 g/mol. The molecular weight excluding hydrogens is 190 g/mol. The Morgan fingerprint density at radius 1 is 1.20 bits per heavy atom. The van der Waals surface area contributed by atoms with E-state index in [-0.39, 0.29) is 5.54 Å². The zero-order chi connectivity index (χ0) is 11.1. The van der Waals surface area contributed by atoms with Crippen LogP contribution in [0.15, 0.2) is 0 Å². The minimum absolute atomic E-state index is 0.102. The van der Waals surface area contributed by atoms with Gasteiger partial charge < -0.3 is 10.6 Å². The van der Waals surface area contributed by atoms with Crippen molar-refractivity contribution in [1.29, 1.82) is 0 Å². The molecule has 1 aliphatic rings. The normalized spacial score (nSPS) is 17.4. The van der Waals surface area contributed by atoms with Crippen molar-refractivity contribution in [1.82, 2.24) is 14.8 Å².